The third kappa shape index (κ3) is 2.95. The number of hydrogen-bond donors (Lipinski definition) is 2. The fourth-order valence-electron chi connectivity index (χ4n) is 1.44. The Morgan fingerprint density at radius 2 is 2.29 bits per heavy atom. The Morgan fingerprint density at radius 3 is 2.71 bits per heavy atom. The zero-order valence-electron chi connectivity index (χ0n) is 8.65. The van der Waals surface area contributed by atoms with Crippen LogP contribution in [0, 0.1) is 11.3 Å². The first-order valence-corrected chi connectivity index (χ1v) is 4.62. The zero-order valence-corrected chi connectivity index (χ0v) is 8.65. The minimum atomic E-state index is -2.89. The number of aliphatic carboxylic acids is 1. The van der Waals surface area contributed by atoms with Crippen molar-refractivity contribution >= 4 is 5.97 Å². The largest absolute Gasteiger partial charge is 0.481 e. The molecule has 0 saturated heterocycles. The number of pyridine rings is 1. The second-order valence-corrected chi connectivity index (χ2v) is 3.22. The van der Waals surface area contributed by atoms with Crippen LogP contribution in [0.25, 0.3) is 0 Å². The van der Waals surface area contributed by atoms with Gasteiger partial charge in [0.05, 0.1) is 6.42 Å². The molecule has 1 aromatic heterocycles. The van der Waals surface area contributed by atoms with Gasteiger partial charge in [-0.25, -0.2) is 13.8 Å². The SMILES string of the molecule is N#Cc1cc(CC(=O)O)c(CN)c(C(F)F)n1. The van der Waals surface area contributed by atoms with Gasteiger partial charge in [-0.05, 0) is 17.2 Å². The van der Waals surface area contributed by atoms with Crippen LogP contribution in [0.3, 0.4) is 0 Å². The lowest BCUT2D eigenvalue weighted by atomic mass is 10.0. The number of nitrogens with zero attached hydrogens (tertiary/aromatic N) is 2. The highest BCUT2D eigenvalue weighted by Crippen LogP contribution is 2.24. The average molecular weight is 241 g/mol. The molecule has 0 amide bonds. The van der Waals surface area contributed by atoms with Crippen LogP contribution in [-0.4, -0.2) is 16.1 Å². The van der Waals surface area contributed by atoms with Crippen LogP contribution in [0.15, 0.2) is 6.07 Å². The van der Waals surface area contributed by atoms with E-state index < -0.39 is 24.5 Å². The molecule has 1 heterocycles. The van der Waals surface area contributed by atoms with Crippen molar-refractivity contribution in [2.75, 3.05) is 0 Å². The maximum atomic E-state index is 12.7. The third-order valence-electron chi connectivity index (χ3n) is 2.12. The Bertz CT molecular complexity index is 483. The fraction of sp³-hybridized carbons (Fsp3) is 0.300. The summed E-state index contributed by atoms with van der Waals surface area (Å²) in [5.41, 5.74) is 4.53. The molecule has 0 saturated carbocycles. The number of halogens is 2. The molecule has 1 aromatic rings. The lowest BCUT2D eigenvalue weighted by molar-refractivity contribution is -0.136. The van der Waals surface area contributed by atoms with Crippen molar-refractivity contribution < 1.29 is 18.7 Å². The Kier molecular flexibility index (Phi) is 4.06. The Labute approximate surface area is 95.5 Å². The van der Waals surface area contributed by atoms with E-state index in [4.69, 9.17) is 16.1 Å². The molecular formula is C10H9F2N3O2. The molecule has 0 aliphatic heterocycles. The first-order chi connectivity index (χ1) is 7.99. The van der Waals surface area contributed by atoms with Gasteiger partial charge in [0.1, 0.15) is 17.5 Å². The standard InChI is InChI=1S/C10H9F2N3O2/c11-10(12)9-7(4-14)5(2-8(16)17)1-6(3-13)15-9/h1,10H,2,4,14H2,(H,16,17). The molecule has 0 aliphatic carbocycles. The second-order valence-electron chi connectivity index (χ2n) is 3.22. The highest BCUT2D eigenvalue weighted by atomic mass is 19.3. The Morgan fingerprint density at radius 1 is 1.65 bits per heavy atom. The fourth-order valence-corrected chi connectivity index (χ4v) is 1.44. The Hall–Kier alpha value is -2.07. The van der Waals surface area contributed by atoms with Crippen LogP contribution in [0.5, 0.6) is 0 Å². The van der Waals surface area contributed by atoms with Crippen molar-refractivity contribution in [3.8, 4) is 6.07 Å². The summed E-state index contributed by atoms with van der Waals surface area (Å²) in [6.07, 6.45) is -3.36. The van der Waals surface area contributed by atoms with Gasteiger partial charge >= 0.3 is 5.97 Å². The molecule has 0 unspecified atom stereocenters. The number of nitriles is 1. The number of carboxylic acid groups (broad SMARTS) is 1. The first kappa shape index (κ1) is 13.0. The number of aromatic nitrogens is 1. The van der Waals surface area contributed by atoms with Gasteiger partial charge in [-0.15, -0.1) is 0 Å². The number of hydrogen-bond acceptors (Lipinski definition) is 4. The average Bonchev–Trinajstić information content (AvgIpc) is 2.26. The molecule has 5 nitrogen and oxygen atoms in total. The van der Waals surface area contributed by atoms with Crippen LogP contribution >= 0.6 is 0 Å². The maximum Gasteiger partial charge on any atom is 0.307 e. The summed E-state index contributed by atoms with van der Waals surface area (Å²) < 4.78 is 25.3. The van der Waals surface area contributed by atoms with Crippen molar-refractivity contribution in [3.05, 3.63) is 28.6 Å². The predicted octanol–water partition coefficient (Wildman–Crippen LogP) is 0.977. The molecule has 0 aromatic carbocycles. The van der Waals surface area contributed by atoms with E-state index >= 15 is 0 Å². The van der Waals surface area contributed by atoms with Crippen molar-refractivity contribution in [2.45, 2.75) is 19.4 Å². The molecule has 0 atom stereocenters. The van der Waals surface area contributed by atoms with Crippen LogP contribution in [0.4, 0.5) is 8.78 Å². The summed E-state index contributed by atoms with van der Waals surface area (Å²) in [6.45, 7) is -0.249. The van der Waals surface area contributed by atoms with Crippen molar-refractivity contribution in [1.82, 2.24) is 4.98 Å². The van der Waals surface area contributed by atoms with E-state index in [0.717, 1.165) is 0 Å². The van der Waals surface area contributed by atoms with E-state index in [1.54, 1.807) is 6.07 Å². The van der Waals surface area contributed by atoms with E-state index in [1.807, 2.05) is 0 Å². The summed E-state index contributed by atoms with van der Waals surface area (Å²) in [5, 5.41) is 17.3. The summed E-state index contributed by atoms with van der Waals surface area (Å²) in [7, 11) is 0. The smallest absolute Gasteiger partial charge is 0.307 e. The summed E-state index contributed by atoms with van der Waals surface area (Å²) in [6, 6.07) is 2.78. The Balaban J connectivity index is 3.40. The van der Waals surface area contributed by atoms with Gasteiger partial charge in [0, 0.05) is 6.54 Å². The number of rotatable bonds is 4. The van der Waals surface area contributed by atoms with Crippen LogP contribution < -0.4 is 5.73 Å². The van der Waals surface area contributed by atoms with Gasteiger partial charge in [0.2, 0.25) is 0 Å². The molecule has 0 fully saturated rings. The van der Waals surface area contributed by atoms with E-state index in [0.29, 0.717) is 0 Å². The van der Waals surface area contributed by atoms with Crippen LogP contribution in [0.2, 0.25) is 0 Å². The van der Waals surface area contributed by atoms with E-state index in [-0.39, 0.29) is 23.4 Å². The van der Waals surface area contributed by atoms with Crippen LogP contribution in [0.1, 0.15) is 28.9 Å². The molecule has 90 valence electrons. The van der Waals surface area contributed by atoms with Crippen molar-refractivity contribution in [2.24, 2.45) is 5.73 Å². The number of nitrogens with two attached hydrogens (primary N) is 1. The molecule has 0 bridgehead atoms. The third-order valence-corrected chi connectivity index (χ3v) is 2.12. The van der Waals surface area contributed by atoms with Crippen molar-refractivity contribution in [1.29, 1.82) is 5.26 Å². The number of alkyl halides is 2. The van der Waals surface area contributed by atoms with Gasteiger partial charge in [-0.3, -0.25) is 4.79 Å². The molecule has 7 heteroatoms. The molecule has 3 N–H and O–H groups in total. The lowest BCUT2D eigenvalue weighted by Crippen LogP contribution is -2.13. The maximum absolute atomic E-state index is 12.7. The van der Waals surface area contributed by atoms with E-state index in [2.05, 4.69) is 4.98 Å². The minimum Gasteiger partial charge on any atom is -0.481 e. The summed E-state index contributed by atoms with van der Waals surface area (Å²) >= 11 is 0. The van der Waals surface area contributed by atoms with Gasteiger partial charge in [0.25, 0.3) is 6.43 Å². The zero-order chi connectivity index (χ0) is 13.0. The highest BCUT2D eigenvalue weighted by Gasteiger charge is 2.20. The predicted molar refractivity (Wildman–Crippen MR) is 53.1 cm³/mol. The lowest BCUT2D eigenvalue weighted by Gasteiger charge is -2.11. The molecule has 17 heavy (non-hydrogen) atoms. The monoisotopic (exact) mass is 241 g/mol. The molecule has 1 rings (SSSR count). The first-order valence-electron chi connectivity index (χ1n) is 4.62. The molecule has 0 radical (unpaired) electrons. The minimum absolute atomic E-state index is 0.0126. The van der Waals surface area contributed by atoms with Crippen molar-refractivity contribution in [3.63, 3.8) is 0 Å². The normalized spacial score (nSPS) is 10.3. The number of carbonyl (C=O) groups is 1. The molecular weight excluding hydrogens is 232 g/mol. The van der Waals surface area contributed by atoms with Gasteiger partial charge < -0.3 is 10.8 Å². The summed E-state index contributed by atoms with van der Waals surface area (Å²) in [5.74, 6) is -1.19. The van der Waals surface area contributed by atoms with Gasteiger partial charge in [-0.1, -0.05) is 0 Å². The van der Waals surface area contributed by atoms with Gasteiger partial charge in [-0.2, -0.15) is 5.26 Å². The number of carboxylic acids is 1. The molecule has 0 spiro atoms. The van der Waals surface area contributed by atoms with E-state index in [1.165, 1.54) is 6.07 Å². The van der Waals surface area contributed by atoms with Gasteiger partial charge in [0.15, 0.2) is 0 Å². The van der Waals surface area contributed by atoms with Crippen LogP contribution in [-0.2, 0) is 17.8 Å². The highest BCUT2D eigenvalue weighted by molar-refractivity contribution is 5.71. The summed E-state index contributed by atoms with van der Waals surface area (Å²) in [4.78, 5) is 14.0. The van der Waals surface area contributed by atoms with E-state index in [9.17, 15) is 13.6 Å². The quantitative estimate of drug-likeness (QED) is 0.818. The topological polar surface area (TPSA) is 100 Å². The molecule has 0 aliphatic rings. The second kappa shape index (κ2) is 5.32.